The smallest absolute Gasteiger partial charge is 0.228 e. The Labute approximate surface area is 117 Å². The highest BCUT2D eigenvalue weighted by molar-refractivity contribution is 7.99. The first-order valence-electron chi connectivity index (χ1n) is 6.93. The highest BCUT2D eigenvalue weighted by atomic mass is 32.2. The molecule has 1 aromatic rings. The van der Waals surface area contributed by atoms with E-state index in [4.69, 9.17) is 0 Å². The lowest BCUT2D eigenvalue weighted by molar-refractivity contribution is -0.122. The summed E-state index contributed by atoms with van der Waals surface area (Å²) in [5, 5.41) is 12.8. The first-order chi connectivity index (χ1) is 9.25. The minimum Gasteiger partial charge on any atom is -0.393 e. The van der Waals surface area contributed by atoms with Crippen molar-refractivity contribution >= 4 is 17.7 Å². The van der Waals surface area contributed by atoms with Gasteiger partial charge in [0.15, 0.2) is 0 Å². The molecule has 0 spiro atoms. The van der Waals surface area contributed by atoms with E-state index in [0.29, 0.717) is 6.54 Å². The number of nitrogens with one attached hydrogen (secondary N) is 1. The monoisotopic (exact) mass is 277 g/mol. The van der Waals surface area contributed by atoms with Gasteiger partial charge in [-0.15, -0.1) is 11.8 Å². The molecule has 0 aromatic heterocycles. The molecule has 3 atom stereocenters. The Morgan fingerprint density at radius 2 is 2.21 bits per heavy atom. The number of aliphatic hydroxyl groups excluding tert-OH is 1. The lowest BCUT2D eigenvalue weighted by Crippen LogP contribution is -2.35. The molecule has 3 rings (SSSR count). The Balaban J connectivity index is 1.60. The summed E-state index contributed by atoms with van der Waals surface area (Å²) in [6, 6.07) is 8.13. The van der Waals surface area contributed by atoms with Crippen molar-refractivity contribution in [2.75, 3.05) is 12.3 Å². The number of rotatable bonds is 3. The van der Waals surface area contributed by atoms with E-state index in [-0.39, 0.29) is 23.8 Å². The Bertz CT molecular complexity index is 477. The summed E-state index contributed by atoms with van der Waals surface area (Å²) in [6.45, 7) is 0.614. The molecular weight excluding hydrogens is 258 g/mol. The summed E-state index contributed by atoms with van der Waals surface area (Å²) in [5.74, 6) is 1.16. The number of fused-ring (bicyclic) bond motifs is 1. The molecule has 1 saturated carbocycles. The summed E-state index contributed by atoms with van der Waals surface area (Å²) in [4.78, 5) is 13.5. The summed E-state index contributed by atoms with van der Waals surface area (Å²) in [6.07, 6.45) is 2.75. The van der Waals surface area contributed by atoms with Crippen molar-refractivity contribution in [2.24, 2.45) is 5.92 Å². The van der Waals surface area contributed by atoms with Crippen molar-refractivity contribution in [3.63, 3.8) is 0 Å². The van der Waals surface area contributed by atoms with Crippen LogP contribution in [0.2, 0.25) is 0 Å². The fraction of sp³-hybridized carbons (Fsp3) is 0.533. The maximum atomic E-state index is 12.3. The van der Waals surface area contributed by atoms with Gasteiger partial charge in [-0.2, -0.15) is 0 Å². The van der Waals surface area contributed by atoms with E-state index in [0.717, 1.165) is 30.6 Å². The molecule has 3 unspecified atom stereocenters. The maximum Gasteiger partial charge on any atom is 0.228 e. The summed E-state index contributed by atoms with van der Waals surface area (Å²) < 4.78 is 0. The largest absolute Gasteiger partial charge is 0.393 e. The van der Waals surface area contributed by atoms with Crippen LogP contribution in [0.1, 0.15) is 30.7 Å². The van der Waals surface area contributed by atoms with E-state index >= 15 is 0 Å². The van der Waals surface area contributed by atoms with E-state index < -0.39 is 0 Å². The van der Waals surface area contributed by atoms with Gasteiger partial charge in [0.25, 0.3) is 0 Å². The van der Waals surface area contributed by atoms with Crippen LogP contribution in [0.25, 0.3) is 0 Å². The van der Waals surface area contributed by atoms with Gasteiger partial charge in [0, 0.05) is 23.1 Å². The van der Waals surface area contributed by atoms with Crippen LogP contribution in [0.3, 0.4) is 0 Å². The normalized spacial score (nSPS) is 29.2. The number of amides is 1. The SMILES string of the molecule is O=C(NCC1CCCC1O)C1CSc2ccccc21. The Morgan fingerprint density at radius 1 is 1.37 bits per heavy atom. The van der Waals surface area contributed by atoms with Crippen LogP contribution in [0.15, 0.2) is 29.2 Å². The third kappa shape index (κ3) is 2.65. The lowest BCUT2D eigenvalue weighted by atomic mass is 10.00. The Morgan fingerprint density at radius 3 is 3.00 bits per heavy atom. The fourth-order valence-corrected chi connectivity index (χ4v) is 4.22. The molecule has 2 N–H and O–H groups in total. The zero-order valence-corrected chi connectivity index (χ0v) is 11.7. The van der Waals surface area contributed by atoms with Crippen LogP contribution in [0.4, 0.5) is 0 Å². The number of hydrogen-bond acceptors (Lipinski definition) is 3. The van der Waals surface area contributed by atoms with Crippen molar-refractivity contribution in [3.8, 4) is 0 Å². The van der Waals surface area contributed by atoms with E-state index in [1.165, 1.54) is 4.90 Å². The molecule has 19 heavy (non-hydrogen) atoms. The Hall–Kier alpha value is -1.00. The second kappa shape index (κ2) is 5.55. The lowest BCUT2D eigenvalue weighted by Gasteiger charge is -2.17. The van der Waals surface area contributed by atoms with Crippen molar-refractivity contribution in [2.45, 2.75) is 36.2 Å². The van der Waals surface area contributed by atoms with Crippen LogP contribution in [0, 0.1) is 5.92 Å². The van der Waals surface area contributed by atoms with Gasteiger partial charge in [0.05, 0.1) is 12.0 Å². The number of carbonyl (C=O) groups is 1. The van der Waals surface area contributed by atoms with Crippen molar-refractivity contribution in [1.82, 2.24) is 5.32 Å². The first kappa shape index (κ1) is 13.0. The quantitative estimate of drug-likeness (QED) is 0.890. The van der Waals surface area contributed by atoms with E-state index in [9.17, 15) is 9.90 Å². The van der Waals surface area contributed by atoms with E-state index in [1.807, 2.05) is 18.2 Å². The van der Waals surface area contributed by atoms with Crippen LogP contribution in [-0.4, -0.2) is 29.4 Å². The van der Waals surface area contributed by atoms with Crippen molar-refractivity contribution in [1.29, 1.82) is 0 Å². The zero-order valence-electron chi connectivity index (χ0n) is 10.8. The number of carbonyl (C=O) groups excluding carboxylic acids is 1. The first-order valence-corrected chi connectivity index (χ1v) is 7.92. The number of hydrogen-bond donors (Lipinski definition) is 2. The molecule has 3 nitrogen and oxygen atoms in total. The van der Waals surface area contributed by atoms with Crippen LogP contribution in [0.5, 0.6) is 0 Å². The van der Waals surface area contributed by atoms with E-state index in [1.54, 1.807) is 11.8 Å². The van der Waals surface area contributed by atoms with Gasteiger partial charge >= 0.3 is 0 Å². The molecule has 1 fully saturated rings. The van der Waals surface area contributed by atoms with Gasteiger partial charge in [-0.1, -0.05) is 24.6 Å². The molecule has 0 radical (unpaired) electrons. The molecule has 0 saturated heterocycles. The minimum absolute atomic E-state index is 0.0280. The van der Waals surface area contributed by atoms with Crippen molar-refractivity contribution < 1.29 is 9.90 Å². The van der Waals surface area contributed by atoms with Crippen LogP contribution >= 0.6 is 11.8 Å². The van der Waals surface area contributed by atoms with Crippen molar-refractivity contribution in [3.05, 3.63) is 29.8 Å². The molecule has 1 amide bonds. The summed E-state index contributed by atoms with van der Waals surface area (Å²) in [5.41, 5.74) is 1.15. The standard InChI is InChI=1S/C15H19NO2S/c17-13-6-3-4-10(13)8-16-15(18)12-9-19-14-7-2-1-5-11(12)14/h1-2,5,7,10,12-13,17H,3-4,6,8-9H2,(H,16,18). The average molecular weight is 277 g/mol. The highest BCUT2D eigenvalue weighted by Gasteiger charge is 2.30. The molecule has 1 aliphatic heterocycles. The highest BCUT2D eigenvalue weighted by Crippen LogP contribution is 2.39. The predicted octanol–water partition coefficient (Wildman–Crippen LogP) is 2.15. The maximum absolute atomic E-state index is 12.3. The fourth-order valence-electron chi connectivity index (χ4n) is 2.99. The van der Waals surface area contributed by atoms with Gasteiger partial charge in [0.1, 0.15) is 0 Å². The molecular formula is C15H19NO2S. The predicted molar refractivity (Wildman–Crippen MR) is 76.3 cm³/mol. The molecule has 1 aliphatic carbocycles. The topological polar surface area (TPSA) is 49.3 Å². The van der Waals surface area contributed by atoms with Gasteiger partial charge in [-0.05, 0) is 24.5 Å². The molecule has 2 aliphatic rings. The minimum atomic E-state index is -0.231. The van der Waals surface area contributed by atoms with Crippen LogP contribution in [-0.2, 0) is 4.79 Å². The number of aliphatic hydroxyl groups is 1. The molecule has 1 heterocycles. The van der Waals surface area contributed by atoms with E-state index in [2.05, 4.69) is 11.4 Å². The summed E-state index contributed by atoms with van der Waals surface area (Å²) >= 11 is 1.75. The number of benzene rings is 1. The van der Waals surface area contributed by atoms with Gasteiger partial charge in [-0.25, -0.2) is 0 Å². The second-order valence-corrected chi connectivity index (χ2v) is 6.47. The number of thioether (sulfide) groups is 1. The van der Waals surface area contributed by atoms with Gasteiger partial charge in [-0.3, -0.25) is 4.79 Å². The second-order valence-electron chi connectivity index (χ2n) is 5.40. The third-order valence-corrected chi connectivity index (χ3v) is 5.36. The molecule has 0 bridgehead atoms. The molecule has 4 heteroatoms. The van der Waals surface area contributed by atoms with Crippen LogP contribution < -0.4 is 5.32 Å². The molecule has 1 aromatic carbocycles. The van der Waals surface area contributed by atoms with Gasteiger partial charge < -0.3 is 10.4 Å². The zero-order chi connectivity index (χ0) is 13.2. The molecule has 102 valence electrons. The average Bonchev–Trinajstić information content (AvgIpc) is 3.02. The van der Waals surface area contributed by atoms with Gasteiger partial charge in [0.2, 0.25) is 5.91 Å². The Kier molecular flexibility index (Phi) is 3.80. The third-order valence-electron chi connectivity index (χ3n) is 4.17. The summed E-state index contributed by atoms with van der Waals surface area (Å²) in [7, 11) is 0.